The molecule has 1 rings (SSSR count). The van der Waals surface area contributed by atoms with Crippen LogP contribution in [0.4, 0.5) is 0 Å². The van der Waals surface area contributed by atoms with Gasteiger partial charge in [-0.25, -0.2) is 0 Å². The summed E-state index contributed by atoms with van der Waals surface area (Å²) in [7, 11) is 0. The molecule has 1 heterocycles. The van der Waals surface area contributed by atoms with Gasteiger partial charge in [-0.2, -0.15) is 0 Å². The number of ether oxygens (including phenoxy) is 1. The third-order valence-corrected chi connectivity index (χ3v) is 2.47. The topological polar surface area (TPSA) is 49.8 Å². The lowest BCUT2D eigenvalue weighted by Crippen LogP contribution is -2.56. The highest BCUT2D eigenvalue weighted by atomic mass is 16.5. The summed E-state index contributed by atoms with van der Waals surface area (Å²) in [5.74, 6) is -0.852. The Hall–Kier alpha value is -0.870. The van der Waals surface area contributed by atoms with E-state index in [0.717, 1.165) is 0 Å². The van der Waals surface area contributed by atoms with E-state index in [1.807, 2.05) is 25.7 Å². The summed E-state index contributed by atoms with van der Waals surface area (Å²) < 4.78 is 5.71. The van der Waals surface area contributed by atoms with Crippen molar-refractivity contribution < 1.29 is 14.6 Å². The normalized spacial score (nSPS) is 28.3. The zero-order valence-electron chi connectivity index (χ0n) is 9.56. The zero-order valence-corrected chi connectivity index (χ0v) is 9.56. The molecular formula is C11H19NO3. The van der Waals surface area contributed by atoms with Crippen LogP contribution in [0.15, 0.2) is 12.7 Å². The molecule has 86 valence electrons. The van der Waals surface area contributed by atoms with Gasteiger partial charge in [0, 0.05) is 13.1 Å². The zero-order chi connectivity index (χ0) is 11.6. The lowest BCUT2D eigenvalue weighted by Gasteiger charge is -2.43. The summed E-state index contributed by atoms with van der Waals surface area (Å²) in [4.78, 5) is 12.9. The van der Waals surface area contributed by atoms with Gasteiger partial charge in [0.25, 0.3) is 0 Å². The highest BCUT2D eigenvalue weighted by Gasteiger charge is 2.35. The van der Waals surface area contributed by atoms with Crippen LogP contribution in [0.3, 0.4) is 0 Å². The molecule has 0 aliphatic carbocycles. The molecule has 0 aromatic rings. The largest absolute Gasteiger partial charge is 0.480 e. The quantitative estimate of drug-likeness (QED) is 0.714. The van der Waals surface area contributed by atoms with Crippen LogP contribution in [0.1, 0.15) is 20.8 Å². The van der Waals surface area contributed by atoms with Crippen LogP contribution in [0.2, 0.25) is 0 Å². The van der Waals surface area contributed by atoms with E-state index >= 15 is 0 Å². The Morgan fingerprint density at radius 2 is 2.33 bits per heavy atom. The van der Waals surface area contributed by atoms with Crippen molar-refractivity contribution in [2.75, 3.05) is 13.1 Å². The number of hydrogen-bond donors (Lipinski definition) is 1. The van der Waals surface area contributed by atoms with E-state index in [9.17, 15) is 4.79 Å². The van der Waals surface area contributed by atoms with Gasteiger partial charge in [-0.1, -0.05) is 6.08 Å². The molecule has 4 nitrogen and oxygen atoms in total. The molecule has 15 heavy (non-hydrogen) atoms. The Morgan fingerprint density at radius 3 is 2.73 bits per heavy atom. The highest BCUT2D eigenvalue weighted by Crippen LogP contribution is 2.22. The first kappa shape index (κ1) is 12.2. The van der Waals surface area contributed by atoms with E-state index in [0.29, 0.717) is 13.1 Å². The number of morpholine rings is 1. The van der Waals surface area contributed by atoms with Crippen LogP contribution in [-0.2, 0) is 9.53 Å². The third-order valence-electron chi connectivity index (χ3n) is 2.47. The minimum absolute atomic E-state index is 0.0514. The number of rotatable bonds is 3. The van der Waals surface area contributed by atoms with Gasteiger partial charge in [-0.05, 0) is 20.8 Å². The number of aliphatic carboxylic acids is 1. The predicted molar refractivity (Wildman–Crippen MR) is 57.8 cm³/mol. The molecule has 4 heteroatoms. The Morgan fingerprint density at radius 1 is 1.73 bits per heavy atom. The predicted octanol–water partition coefficient (Wildman–Crippen LogP) is 1.12. The molecule has 0 saturated carbocycles. The third kappa shape index (κ3) is 3.04. The Bertz CT molecular complexity index is 263. The second-order valence-corrected chi connectivity index (χ2v) is 4.64. The van der Waals surface area contributed by atoms with Crippen LogP contribution in [0, 0.1) is 0 Å². The molecule has 1 aliphatic heterocycles. The van der Waals surface area contributed by atoms with E-state index in [1.54, 1.807) is 0 Å². The lowest BCUT2D eigenvalue weighted by molar-refractivity contribution is -0.156. The molecule has 2 atom stereocenters. The monoisotopic (exact) mass is 213 g/mol. The van der Waals surface area contributed by atoms with Crippen LogP contribution in [0.25, 0.3) is 0 Å². The summed E-state index contributed by atoms with van der Waals surface area (Å²) in [6.45, 7) is 10.7. The summed E-state index contributed by atoms with van der Waals surface area (Å²) in [5.41, 5.74) is -0.297. The molecule has 0 amide bonds. The highest BCUT2D eigenvalue weighted by molar-refractivity contribution is 5.75. The first-order valence-corrected chi connectivity index (χ1v) is 5.13. The fourth-order valence-electron chi connectivity index (χ4n) is 2.12. The molecular weight excluding hydrogens is 194 g/mol. The second kappa shape index (κ2) is 4.33. The van der Waals surface area contributed by atoms with Crippen LogP contribution in [-0.4, -0.2) is 46.8 Å². The van der Waals surface area contributed by atoms with Crippen molar-refractivity contribution in [3.8, 4) is 0 Å². The summed E-state index contributed by atoms with van der Waals surface area (Å²) in [6.07, 6.45) is 1.52. The fraction of sp³-hybridized carbons (Fsp3) is 0.727. The number of carboxylic acid groups (broad SMARTS) is 1. The maximum absolute atomic E-state index is 11.0. The molecule has 1 fully saturated rings. The molecule has 1 aliphatic rings. The van der Waals surface area contributed by atoms with E-state index in [2.05, 4.69) is 6.58 Å². The molecule has 1 saturated heterocycles. The van der Waals surface area contributed by atoms with Crippen molar-refractivity contribution in [1.82, 2.24) is 4.90 Å². The SMILES string of the molecule is C=CC(C(=O)O)N1CC(C)OC(C)(C)C1. The van der Waals surface area contributed by atoms with E-state index < -0.39 is 12.0 Å². The molecule has 1 N–H and O–H groups in total. The van der Waals surface area contributed by atoms with Gasteiger partial charge in [-0.3, -0.25) is 9.69 Å². The maximum atomic E-state index is 11.0. The van der Waals surface area contributed by atoms with Gasteiger partial charge in [0.05, 0.1) is 11.7 Å². The average molecular weight is 213 g/mol. The number of hydrogen-bond acceptors (Lipinski definition) is 3. The average Bonchev–Trinajstić information content (AvgIpc) is 1.99. The Balaban J connectivity index is 2.77. The summed E-state index contributed by atoms with van der Waals surface area (Å²) in [5, 5.41) is 9.03. The molecule has 2 unspecified atom stereocenters. The van der Waals surface area contributed by atoms with Crippen LogP contribution >= 0.6 is 0 Å². The van der Waals surface area contributed by atoms with E-state index in [-0.39, 0.29) is 11.7 Å². The summed E-state index contributed by atoms with van der Waals surface area (Å²) in [6, 6.07) is -0.615. The van der Waals surface area contributed by atoms with Gasteiger partial charge in [-0.15, -0.1) is 6.58 Å². The molecule has 0 radical (unpaired) electrons. The first-order chi connectivity index (χ1) is 6.85. The van der Waals surface area contributed by atoms with Gasteiger partial charge in [0.1, 0.15) is 6.04 Å². The Labute approximate surface area is 90.5 Å². The summed E-state index contributed by atoms with van der Waals surface area (Å²) >= 11 is 0. The number of nitrogens with zero attached hydrogens (tertiary/aromatic N) is 1. The van der Waals surface area contributed by atoms with Gasteiger partial charge >= 0.3 is 5.97 Å². The molecule has 0 aromatic carbocycles. The second-order valence-electron chi connectivity index (χ2n) is 4.64. The minimum atomic E-state index is -0.852. The van der Waals surface area contributed by atoms with Crippen molar-refractivity contribution in [2.45, 2.75) is 38.5 Å². The van der Waals surface area contributed by atoms with Crippen molar-refractivity contribution in [2.24, 2.45) is 0 Å². The van der Waals surface area contributed by atoms with Crippen molar-refractivity contribution in [3.63, 3.8) is 0 Å². The standard InChI is InChI=1S/C11H19NO3/c1-5-9(10(13)14)12-6-8(2)15-11(3,4)7-12/h5,8-9H,1,6-7H2,2-4H3,(H,13,14). The van der Waals surface area contributed by atoms with Gasteiger partial charge < -0.3 is 9.84 Å². The van der Waals surface area contributed by atoms with Crippen LogP contribution < -0.4 is 0 Å². The van der Waals surface area contributed by atoms with Crippen LogP contribution in [0.5, 0.6) is 0 Å². The molecule has 0 spiro atoms. The smallest absolute Gasteiger partial charge is 0.324 e. The molecule has 0 bridgehead atoms. The molecule has 0 aromatic heterocycles. The minimum Gasteiger partial charge on any atom is -0.480 e. The van der Waals surface area contributed by atoms with Gasteiger partial charge in [0.15, 0.2) is 0 Å². The number of carboxylic acids is 1. The first-order valence-electron chi connectivity index (χ1n) is 5.13. The number of carbonyl (C=O) groups is 1. The van der Waals surface area contributed by atoms with E-state index in [1.165, 1.54) is 6.08 Å². The Kier molecular flexibility index (Phi) is 3.52. The van der Waals surface area contributed by atoms with E-state index in [4.69, 9.17) is 9.84 Å². The lowest BCUT2D eigenvalue weighted by atomic mass is 10.0. The maximum Gasteiger partial charge on any atom is 0.324 e. The van der Waals surface area contributed by atoms with Crippen molar-refractivity contribution in [1.29, 1.82) is 0 Å². The van der Waals surface area contributed by atoms with Crippen molar-refractivity contribution >= 4 is 5.97 Å². The fourth-order valence-corrected chi connectivity index (χ4v) is 2.12. The van der Waals surface area contributed by atoms with Crippen molar-refractivity contribution in [3.05, 3.63) is 12.7 Å². The van der Waals surface area contributed by atoms with Gasteiger partial charge in [0.2, 0.25) is 0 Å².